The van der Waals surface area contributed by atoms with Gasteiger partial charge in [0.1, 0.15) is 5.82 Å². The molecule has 0 saturated carbocycles. The third-order valence-corrected chi connectivity index (χ3v) is 4.77. The molecule has 1 aliphatic rings. The van der Waals surface area contributed by atoms with Gasteiger partial charge in [0.25, 0.3) is 0 Å². The normalized spacial score (nSPS) is 15.4. The number of fused-ring (bicyclic) bond motifs is 1. The number of aromatic nitrogens is 1. The summed E-state index contributed by atoms with van der Waals surface area (Å²) in [6, 6.07) is 8.51. The standard InChI is InChI=1S/C20H27N3O/c1-14(2)12-19(24)23-10-8-22(9-11-23)18-13-16(4)17-7-5-6-15(3)20(17)21-18/h5-7,13-14H,8-12H2,1-4H3. The van der Waals surface area contributed by atoms with E-state index in [2.05, 4.69) is 56.9 Å². The van der Waals surface area contributed by atoms with Crippen LogP contribution < -0.4 is 4.90 Å². The van der Waals surface area contributed by atoms with E-state index < -0.39 is 0 Å². The number of hydrogen-bond acceptors (Lipinski definition) is 3. The lowest BCUT2D eigenvalue weighted by Crippen LogP contribution is -2.49. The van der Waals surface area contributed by atoms with Crippen LogP contribution in [-0.2, 0) is 4.79 Å². The summed E-state index contributed by atoms with van der Waals surface area (Å²) in [7, 11) is 0. The van der Waals surface area contributed by atoms with Crippen LogP contribution in [0.2, 0.25) is 0 Å². The number of pyridine rings is 1. The van der Waals surface area contributed by atoms with Gasteiger partial charge < -0.3 is 9.80 Å². The van der Waals surface area contributed by atoms with E-state index >= 15 is 0 Å². The Balaban J connectivity index is 1.76. The summed E-state index contributed by atoms with van der Waals surface area (Å²) >= 11 is 0. The summed E-state index contributed by atoms with van der Waals surface area (Å²) in [5, 5.41) is 1.23. The second-order valence-electron chi connectivity index (χ2n) is 7.23. The molecule has 1 aromatic heterocycles. The monoisotopic (exact) mass is 325 g/mol. The molecule has 1 saturated heterocycles. The van der Waals surface area contributed by atoms with Gasteiger partial charge in [-0.1, -0.05) is 32.0 Å². The number of amides is 1. The van der Waals surface area contributed by atoms with Gasteiger partial charge in [0.05, 0.1) is 5.52 Å². The van der Waals surface area contributed by atoms with Crippen molar-refractivity contribution in [1.82, 2.24) is 9.88 Å². The molecule has 2 heterocycles. The molecule has 0 radical (unpaired) electrons. The zero-order valence-electron chi connectivity index (χ0n) is 15.2. The average molecular weight is 325 g/mol. The highest BCUT2D eigenvalue weighted by atomic mass is 16.2. The summed E-state index contributed by atoms with van der Waals surface area (Å²) in [6.07, 6.45) is 0.645. The fourth-order valence-electron chi connectivity index (χ4n) is 3.37. The van der Waals surface area contributed by atoms with E-state index in [1.807, 2.05) is 4.90 Å². The van der Waals surface area contributed by atoms with Crippen LogP contribution in [0.1, 0.15) is 31.4 Å². The summed E-state index contributed by atoms with van der Waals surface area (Å²) in [4.78, 5) is 21.4. The molecular weight excluding hydrogens is 298 g/mol. The highest BCUT2D eigenvalue weighted by Crippen LogP contribution is 2.25. The fourth-order valence-corrected chi connectivity index (χ4v) is 3.37. The predicted octanol–water partition coefficient (Wildman–Crippen LogP) is 3.55. The number of piperazine rings is 1. The van der Waals surface area contributed by atoms with E-state index in [9.17, 15) is 4.79 Å². The maximum absolute atomic E-state index is 12.2. The lowest BCUT2D eigenvalue weighted by Gasteiger charge is -2.36. The molecule has 0 N–H and O–H groups in total. The van der Waals surface area contributed by atoms with E-state index in [0.717, 1.165) is 37.5 Å². The maximum atomic E-state index is 12.2. The fraction of sp³-hybridized carbons (Fsp3) is 0.500. The summed E-state index contributed by atoms with van der Waals surface area (Å²) < 4.78 is 0. The van der Waals surface area contributed by atoms with Gasteiger partial charge in [-0.15, -0.1) is 0 Å². The second-order valence-corrected chi connectivity index (χ2v) is 7.23. The molecule has 3 rings (SSSR count). The number of hydrogen-bond donors (Lipinski definition) is 0. The van der Waals surface area contributed by atoms with Crippen molar-refractivity contribution in [1.29, 1.82) is 0 Å². The van der Waals surface area contributed by atoms with Crippen LogP contribution in [0.15, 0.2) is 24.3 Å². The van der Waals surface area contributed by atoms with Gasteiger partial charge in [0.2, 0.25) is 5.91 Å². The number of carbonyl (C=O) groups is 1. The first kappa shape index (κ1) is 16.7. The summed E-state index contributed by atoms with van der Waals surface area (Å²) in [5.41, 5.74) is 3.56. The van der Waals surface area contributed by atoms with Crippen LogP contribution in [0, 0.1) is 19.8 Å². The molecule has 4 nitrogen and oxygen atoms in total. The molecule has 0 spiro atoms. The minimum Gasteiger partial charge on any atom is -0.353 e. The molecule has 1 aromatic carbocycles. The Morgan fingerprint density at radius 3 is 2.50 bits per heavy atom. The lowest BCUT2D eigenvalue weighted by molar-refractivity contribution is -0.132. The smallest absolute Gasteiger partial charge is 0.222 e. The highest BCUT2D eigenvalue weighted by molar-refractivity contribution is 5.86. The summed E-state index contributed by atoms with van der Waals surface area (Å²) in [5.74, 6) is 1.73. The number of para-hydroxylation sites is 1. The molecule has 128 valence electrons. The SMILES string of the molecule is Cc1cc(N2CCN(C(=O)CC(C)C)CC2)nc2c(C)cccc12. The number of aryl methyl sites for hydroxylation is 2. The molecule has 0 unspecified atom stereocenters. The zero-order chi connectivity index (χ0) is 17.3. The Kier molecular flexibility index (Phi) is 4.74. The largest absolute Gasteiger partial charge is 0.353 e. The van der Waals surface area contributed by atoms with Crippen molar-refractivity contribution in [2.75, 3.05) is 31.1 Å². The van der Waals surface area contributed by atoms with Crippen LogP contribution in [0.4, 0.5) is 5.82 Å². The van der Waals surface area contributed by atoms with Crippen LogP contribution in [0.5, 0.6) is 0 Å². The van der Waals surface area contributed by atoms with Crippen molar-refractivity contribution >= 4 is 22.6 Å². The Labute approximate surface area is 144 Å². The quantitative estimate of drug-likeness (QED) is 0.866. The van der Waals surface area contributed by atoms with Crippen molar-refractivity contribution in [3.63, 3.8) is 0 Å². The molecule has 0 aliphatic carbocycles. The van der Waals surface area contributed by atoms with Crippen LogP contribution in [0.25, 0.3) is 10.9 Å². The van der Waals surface area contributed by atoms with E-state index in [-0.39, 0.29) is 5.91 Å². The molecule has 1 aliphatic heterocycles. The van der Waals surface area contributed by atoms with Crippen LogP contribution in [-0.4, -0.2) is 42.0 Å². The van der Waals surface area contributed by atoms with Gasteiger partial charge in [0.15, 0.2) is 0 Å². The maximum Gasteiger partial charge on any atom is 0.222 e. The van der Waals surface area contributed by atoms with Gasteiger partial charge in [0, 0.05) is 38.0 Å². The Morgan fingerprint density at radius 1 is 1.12 bits per heavy atom. The van der Waals surface area contributed by atoms with Crippen molar-refractivity contribution < 1.29 is 4.79 Å². The van der Waals surface area contributed by atoms with Crippen LogP contribution in [0.3, 0.4) is 0 Å². The van der Waals surface area contributed by atoms with Gasteiger partial charge in [-0.3, -0.25) is 4.79 Å². The third kappa shape index (κ3) is 3.37. The first-order valence-corrected chi connectivity index (χ1v) is 8.85. The number of carbonyl (C=O) groups excluding carboxylic acids is 1. The molecule has 1 fully saturated rings. The highest BCUT2D eigenvalue weighted by Gasteiger charge is 2.22. The van der Waals surface area contributed by atoms with Gasteiger partial charge >= 0.3 is 0 Å². The molecule has 24 heavy (non-hydrogen) atoms. The zero-order valence-corrected chi connectivity index (χ0v) is 15.2. The molecule has 0 atom stereocenters. The topological polar surface area (TPSA) is 36.4 Å². The molecular formula is C20H27N3O. The Morgan fingerprint density at radius 2 is 1.83 bits per heavy atom. The molecule has 1 amide bonds. The number of anilines is 1. The van der Waals surface area contributed by atoms with Crippen molar-refractivity contribution in [3.8, 4) is 0 Å². The van der Waals surface area contributed by atoms with Crippen molar-refractivity contribution in [3.05, 3.63) is 35.4 Å². The van der Waals surface area contributed by atoms with Gasteiger partial charge in [-0.25, -0.2) is 4.98 Å². The van der Waals surface area contributed by atoms with Crippen molar-refractivity contribution in [2.24, 2.45) is 5.92 Å². The number of nitrogens with zero attached hydrogens (tertiary/aromatic N) is 3. The van der Waals surface area contributed by atoms with E-state index in [4.69, 9.17) is 4.98 Å². The first-order valence-electron chi connectivity index (χ1n) is 8.85. The van der Waals surface area contributed by atoms with Gasteiger partial charge in [-0.05, 0) is 37.0 Å². The Bertz CT molecular complexity index is 746. The van der Waals surface area contributed by atoms with E-state index in [0.29, 0.717) is 12.3 Å². The second kappa shape index (κ2) is 6.80. The molecule has 4 heteroatoms. The Hall–Kier alpha value is -2.10. The third-order valence-electron chi connectivity index (χ3n) is 4.77. The molecule has 0 bridgehead atoms. The predicted molar refractivity (Wildman–Crippen MR) is 99.5 cm³/mol. The minimum atomic E-state index is 0.281. The number of benzene rings is 1. The van der Waals surface area contributed by atoms with E-state index in [1.54, 1.807) is 0 Å². The van der Waals surface area contributed by atoms with E-state index in [1.165, 1.54) is 16.5 Å². The summed E-state index contributed by atoms with van der Waals surface area (Å²) in [6.45, 7) is 11.7. The average Bonchev–Trinajstić information content (AvgIpc) is 2.55. The number of rotatable bonds is 3. The lowest BCUT2D eigenvalue weighted by atomic mass is 10.1. The van der Waals surface area contributed by atoms with Crippen LogP contribution >= 0.6 is 0 Å². The first-order chi connectivity index (χ1) is 11.5. The minimum absolute atomic E-state index is 0.281. The van der Waals surface area contributed by atoms with Gasteiger partial charge in [-0.2, -0.15) is 0 Å². The molecule has 2 aromatic rings. The van der Waals surface area contributed by atoms with Crippen molar-refractivity contribution in [2.45, 2.75) is 34.1 Å².